The maximum absolute atomic E-state index is 6.77. The van der Waals surface area contributed by atoms with Gasteiger partial charge < -0.3 is 4.74 Å². The Morgan fingerprint density at radius 2 is 1.50 bits per heavy atom. The van der Waals surface area contributed by atoms with Crippen LogP contribution < -0.4 is 4.74 Å². The average molecular weight is 413 g/mol. The minimum atomic E-state index is -0.279. The van der Waals surface area contributed by atoms with E-state index in [1.807, 2.05) is 0 Å². The molecule has 0 amide bonds. The van der Waals surface area contributed by atoms with Crippen LogP contribution in [-0.4, -0.2) is 5.60 Å². The Morgan fingerprint density at radius 1 is 0.933 bits per heavy atom. The van der Waals surface area contributed by atoms with Crippen molar-refractivity contribution in [3.63, 3.8) is 0 Å². The predicted molar refractivity (Wildman–Crippen MR) is 132 cm³/mol. The van der Waals surface area contributed by atoms with Crippen LogP contribution in [0, 0.1) is 11.3 Å². The number of ether oxygens (including phenoxy) is 1. The van der Waals surface area contributed by atoms with Crippen LogP contribution >= 0.6 is 0 Å². The van der Waals surface area contributed by atoms with Gasteiger partial charge >= 0.3 is 0 Å². The van der Waals surface area contributed by atoms with E-state index >= 15 is 0 Å². The number of rotatable bonds is 11. The highest BCUT2D eigenvalue weighted by atomic mass is 16.5. The minimum Gasteiger partial charge on any atom is -0.482 e. The van der Waals surface area contributed by atoms with Crippen molar-refractivity contribution in [1.82, 2.24) is 0 Å². The number of unbranched alkanes of at least 4 members (excludes halogenated alkanes) is 7. The smallest absolute Gasteiger partial charge is 0.133 e. The second-order valence-electron chi connectivity index (χ2n) is 10.6. The van der Waals surface area contributed by atoms with Gasteiger partial charge in [0, 0.05) is 5.41 Å². The molecule has 0 saturated carbocycles. The molecule has 170 valence electrons. The van der Waals surface area contributed by atoms with Crippen molar-refractivity contribution in [3.8, 4) is 5.75 Å². The summed E-state index contributed by atoms with van der Waals surface area (Å²) in [6.07, 6.45) is 12.4. The van der Waals surface area contributed by atoms with E-state index in [4.69, 9.17) is 4.74 Å². The Labute approximate surface area is 187 Å². The van der Waals surface area contributed by atoms with Gasteiger partial charge in [0.15, 0.2) is 0 Å². The Kier molecular flexibility index (Phi) is 9.07. The monoisotopic (exact) mass is 412 g/mol. The molecule has 1 nitrogen and oxygen atoms in total. The van der Waals surface area contributed by atoms with Gasteiger partial charge in [-0.05, 0) is 56.2 Å². The maximum atomic E-state index is 6.77. The van der Waals surface area contributed by atoms with E-state index in [1.54, 1.807) is 0 Å². The lowest BCUT2D eigenvalue weighted by Gasteiger charge is -2.53. The van der Waals surface area contributed by atoms with E-state index in [0.29, 0.717) is 11.8 Å². The second kappa shape index (κ2) is 10.9. The fraction of sp³-hybridized carbons (Fsp3) is 0.724. The second-order valence-corrected chi connectivity index (χ2v) is 10.6. The minimum absolute atomic E-state index is 0.0326. The summed E-state index contributed by atoms with van der Waals surface area (Å²) in [6, 6.07) is 8.61. The molecule has 0 spiro atoms. The van der Waals surface area contributed by atoms with Crippen LogP contribution in [0.3, 0.4) is 0 Å². The van der Waals surface area contributed by atoms with Gasteiger partial charge in [0.25, 0.3) is 0 Å². The number of fused-ring (bicyclic) bond motifs is 1. The number of allylic oxidation sites excluding steroid dienone is 1. The maximum Gasteiger partial charge on any atom is 0.133 e. The summed E-state index contributed by atoms with van der Waals surface area (Å²) in [6.45, 7) is 18.8. The Bertz CT molecular complexity index is 698. The fourth-order valence-corrected chi connectivity index (χ4v) is 5.19. The lowest BCUT2D eigenvalue weighted by Crippen LogP contribution is -2.53. The van der Waals surface area contributed by atoms with Crippen LogP contribution in [0.4, 0.5) is 0 Å². The van der Waals surface area contributed by atoms with Crippen LogP contribution in [0.25, 0.3) is 0 Å². The molecule has 0 bridgehead atoms. The van der Waals surface area contributed by atoms with Crippen molar-refractivity contribution in [1.29, 1.82) is 0 Å². The zero-order valence-corrected chi connectivity index (χ0v) is 21.2. The Hall–Kier alpha value is -1.24. The number of hydrogen-bond donors (Lipinski definition) is 0. The third kappa shape index (κ3) is 5.32. The first kappa shape index (κ1) is 25.0. The van der Waals surface area contributed by atoms with Gasteiger partial charge in [-0.25, -0.2) is 0 Å². The molecule has 0 radical (unpaired) electrons. The van der Waals surface area contributed by atoms with Gasteiger partial charge in [-0.2, -0.15) is 0 Å². The van der Waals surface area contributed by atoms with E-state index in [2.05, 4.69) is 79.7 Å². The van der Waals surface area contributed by atoms with Crippen molar-refractivity contribution in [2.45, 2.75) is 125 Å². The molecule has 0 saturated heterocycles. The van der Waals surface area contributed by atoms with Crippen LogP contribution in [0.5, 0.6) is 5.75 Å². The molecule has 3 atom stereocenters. The quantitative estimate of drug-likeness (QED) is 0.260. The number of benzene rings is 1. The summed E-state index contributed by atoms with van der Waals surface area (Å²) in [5.74, 6) is 2.14. The van der Waals surface area contributed by atoms with Gasteiger partial charge in [-0.1, -0.05) is 110 Å². The summed E-state index contributed by atoms with van der Waals surface area (Å²) in [5.41, 5.74) is 4.06. The molecule has 0 N–H and O–H groups in total. The van der Waals surface area contributed by atoms with E-state index < -0.39 is 0 Å². The molecule has 1 heterocycles. The van der Waals surface area contributed by atoms with Gasteiger partial charge in [0.1, 0.15) is 11.4 Å². The largest absolute Gasteiger partial charge is 0.482 e. The van der Waals surface area contributed by atoms with Gasteiger partial charge in [0.2, 0.25) is 0 Å². The van der Waals surface area contributed by atoms with E-state index in [0.717, 1.165) is 5.75 Å². The lowest BCUT2D eigenvalue weighted by atomic mass is 9.60. The summed E-state index contributed by atoms with van der Waals surface area (Å²) in [5, 5.41) is 0. The molecule has 0 aromatic heterocycles. The van der Waals surface area contributed by atoms with E-state index in [1.165, 1.54) is 74.5 Å². The molecule has 3 unspecified atom stereocenters. The lowest BCUT2D eigenvalue weighted by molar-refractivity contribution is -0.0295. The van der Waals surface area contributed by atoms with Crippen LogP contribution in [0.15, 0.2) is 35.4 Å². The molecule has 1 aliphatic rings. The van der Waals surface area contributed by atoms with Crippen molar-refractivity contribution in [3.05, 3.63) is 41.0 Å². The molecule has 30 heavy (non-hydrogen) atoms. The van der Waals surface area contributed by atoms with Gasteiger partial charge in [-0.15, -0.1) is 0 Å². The summed E-state index contributed by atoms with van der Waals surface area (Å²) >= 11 is 0. The molecule has 1 aliphatic heterocycles. The standard InChI is InChI=1S/C29H48O/c1-9-10-11-12-13-14-15-16-19-22(2)23(3)24(4)29(8)28(6,7)25(5)26-20-17-18-21-27(26)30-29/h17-18,20-22,25H,9-16,19H2,1-8H3/b24-23+. The molecule has 1 heteroatoms. The van der Waals surface area contributed by atoms with E-state index in [-0.39, 0.29) is 11.0 Å². The van der Waals surface area contributed by atoms with E-state index in [9.17, 15) is 0 Å². The molecule has 1 aromatic rings. The summed E-state index contributed by atoms with van der Waals surface area (Å²) < 4.78 is 6.77. The highest BCUT2D eigenvalue weighted by molar-refractivity contribution is 5.44. The Morgan fingerprint density at radius 3 is 2.13 bits per heavy atom. The van der Waals surface area contributed by atoms with Gasteiger partial charge in [-0.3, -0.25) is 0 Å². The zero-order valence-electron chi connectivity index (χ0n) is 21.2. The molecule has 2 rings (SSSR count). The molecule has 0 aliphatic carbocycles. The summed E-state index contributed by atoms with van der Waals surface area (Å²) in [4.78, 5) is 0. The predicted octanol–water partition coefficient (Wildman–Crippen LogP) is 9.47. The fourth-order valence-electron chi connectivity index (χ4n) is 5.19. The van der Waals surface area contributed by atoms with Crippen LogP contribution in [-0.2, 0) is 0 Å². The van der Waals surface area contributed by atoms with Crippen LogP contribution in [0.2, 0.25) is 0 Å². The summed E-state index contributed by atoms with van der Waals surface area (Å²) in [7, 11) is 0. The van der Waals surface area contributed by atoms with Gasteiger partial charge in [0.05, 0.1) is 0 Å². The zero-order chi connectivity index (χ0) is 22.4. The highest BCUT2D eigenvalue weighted by Gasteiger charge is 2.52. The van der Waals surface area contributed by atoms with Crippen LogP contribution in [0.1, 0.15) is 125 Å². The number of para-hydroxylation sites is 1. The molecular weight excluding hydrogens is 364 g/mol. The molecular formula is C29H48O. The first-order chi connectivity index (χ1) is 14.2. The van der Waals surface area contributed by atoms with Crippen molar-refractivity contribution < 1.29 is 4.74 Å². The third-order valence-electron chi connectivity index (χ3n) is 8.55. The van der Waals surface area contributed by atoms with Crippen molar-refractivity contribution >= 4 is 0 Å². The first-order valence-electron chi connectivity index (χ1n) is 12.6. The molecule has 1 aromatic carbocycles. The van der Waals surface area contributed by atoms with Crippen molar-refractivity contribution in [2.75, 3.05) is 0 Å². The first-order valence-corrected chi connectivity index (χ1v) is 12.6. The molecule has 0 fully saturated rings. The average Bonchev–Trinajstić information content (AvgIpc) is 2.73. The Balaban J connectivity index is 2.02. The van der Waals surface area contributed by atoms with Crippen molar-refractivity contribution in [2.24, 2.45) is 11.3 Å². The number of hydrogen-bond acceptors (Lipinski definition) is 1. The SMILES string of the molecule is CCCCCCCCCCC(C)/C(C)=C(\C)C1(C)Oc2ccccc2C(C)C1(C)C. The third-order valence-corrected chi connectivity index (χ3v) is 8.55. The topological polar surface area (TPSA) is 9.23 Å². The highest BCUT2D eigenvalue weighted by Crippen LogP contribution is 2.55. The normalized spacial score (nSPS) is 24.6.